The molecule has 0 aromatic heterocycles. The predicted octanol–water partition coefficient (Wildman–Crippen LogP) is -0.370. The zero-order valence-electron chi connectivity index (χ0n) is 7.99. The maximum Gasteiger partial charge on any atom is 0.152 e. The van der Waals surface area contributed by atoms with E-state index >= 15 is 0 Å². The molecule has 13 heavy (non-hydrogen) atoms. The van der Waals surface area contributed by atoms with Gasteiger partial charge < -0.3 is 11.5 Å². The first-order valence-electron chi connectivity index (χ1n) is 4.64. The Kier molecular flexibility index (Phi) is 2.99. The van der Waals surface area contributed by atoms with Crippen LogP contribution in [0, 0.1) is 0 Å². The summed E-state index contributed by atoms with van der Waals surface area (Å²) in [6.45, 7) is 2.05. The molecular formula is C8H18N2O2S. The highest BCUT2D eigenvalue weighted by Gasteiger charge is 2.40. The molecule has 0 amide bonds. The normalized spacial score (nSPS) is 35.2. The zero-order chi connectivity index (χ0) is 10.1. The van der Waals surface area contributed by atoms with Crippen molar-refractivity contribution in [3.05, 3.63) is 0 Å². The topological polar surface area (TPSA) is 86.2 Å². The van der Waals surface area contributed by atoms with Crippen LogP contribution < -0.4 is 11.5 Å². The third-order valence-corrected chi connectivity index (χ3v) is 5.14. The molecule has 0 saturated heterocycles. The molecule has 1 fully saturated rings. The molecule has 0 aromatic carbocycles. The van der Waals surface area contributed by atoms with E-state index in [9.17, 15) is 8.42 Å². The fourth-order valence-electron chi connectivity index (χ4n) is 1.83. The van der Waals surface area contributed by atoms with Crippen molar-refractivity contribution in [1.82, 2.24) is 0 Å². The van der Waals surface area contributed by atoms with Gasteiger partial charge >= 0.3 is 0 Å². The molecule has 0 aliphatic heterocycles. The maximum absolute atomic E-state index is 11.5. The molecule has 0 unspecified atom stereocenters. The molecule has 2 atom stereocenters. The number of sulfone groups is 1. The lowest BCUT2D eigenvalue weighted by Crippen LogP contribution is -2.45. The zero-order valence-corrected chi connectivity index (χ0v) is 8.81. The Bertz CT molecular complexity index is 276. The first-order chi connectivity index (χ1) is 5.93. The van der Waals surface area contributed by atoms with E-state index in [1.807, 2.05) is 0 Å². The highest BCUT2D eigenvalue weighted by atomic mass is 32.2. The number of nitrogens with two attached hydrogens (primary N) is 2. The Hall–Kier alpha value is -0.130. The molecule has 0 bridgehead atoms. The summed E-state index contributed by atoms with van der Waals surface area (Å²) in [6.07, 6.45) is 1.93. The molecular weight excluding hydrogens is 188 g/mol. The molecule has 78 valence electrons. The molecule has 1 saturated carbocycles. The van der Waals surface area contributed by atoms with Crippen LogP contribution in [-0.4, -0.2) is 31.5 Å². The summed E-state index contributed by atoms with van der Waals surface area (Å²) in [7, 11) is -2.91. The Labute approximate surface area is 79.6 Å². The molecule has 4 nitrogen and oxygen atoms in total. The van der Waals surface area contributed by atoms with E-state index in [-0.39, 0.29) is 11.0 Å². The van der Waals surface area contributed by atoms with Crippen LogP contribution >= 0.6 is 0 Å². The molecule has 0 aromatic rings. The lowest BCUT2D eigenvalue weighted by Gasteiger charge is -2.21. The van der Waals surface area contributed by atoms with Crippen LogP contribution in [0.5, 0.6) is 0 Å². The highest BCUT2D eigenvalue weighted by Crippen LogP contribution is 2.31. The van der Waals surface area contributed by atoms with Gasteiger partial charge in [-0.1, -0.05) is 6.92 Å². The summed E-state index contributed by atoms with van der Waals surface area (Å²) in [6, 6.07) is 0. The van der Waals surface area contributed by atoms with Crippen molar-refractivity contribution in [2.75, 3.05) is 12.3 Å². The van der Waals surface area contributed by atoms with Crippen LogP contribution in [0.2, 0.25) is 0 Å². The summed E-state index contributed by atoms with van der Waals surface area (Å²) in [4.78, 5) is 0. The molecule has 0 radical (unpaired) electrons. The van der Waals surface area contributed by atoms with E-state index in [1.165, 1.54) is 0 Å². The second kappa shape index (κ2) is 3.55. The van der Waals surface area contributed by atoms with E-state index < -0.39 is 15.4 Å². The molecule has 1 aliphatic carbocycles. The van der Waals surface area contributed by atoms with Gasteiger partial charge in [0.25, 0.3) is 0 Å². The molecule has 5 heteroatoms. The Balaban J connectivity index is 2.71. The summed E-state index contributed by atoms with van der Waals surface area (Å²) < 4.78 is 23.0. The molecule has 1 rings (SSSR count). The Morgan fingerprint density at radius 3 is 2.54 bits per heavy atom. The largest absolute Gasteiger partial charge is 0.329 e. The molecule has 0 spiro atoms. The van der Waals surface area contributed by atoms with Gasteiger partial charge in [-0.15, -0.1) is 0 Å². The van der Waals surface area contributed by atoms with E-state index in [2.05, 4.69) is 0 Å². The monoisotopic (exact) mass is 206 g/mol. The highest BCUT2D eigenvalue weighted by molar-refractivity contribution is 7.92. The van der Waals surface area contributed by atoms with Gasteiger partial charge in [-0.2, -0.15) is 0 Å². The van der Waals surface area contributed by atoms with Crippen molar-refractivity contribution in [2.45, 2.75) is 37.0 Å². The molecule has 1 aliphatic rings. The Morgan fingerprint density at radius 1 is 1.54 bits per heavy atom. The quantitative estimate of drug-likeness (QED) is 0.659. The molecule has 4 N–H and O–H groups in total. The maximum atomic E-state index is 11.5. The summed E-state index contributed by atoms with van der Waals surface area (Å²) in [5.41, 5.74) is 11.0. The number of hydrogen-bond donors (Lipinski definition) is 2. The summed E-state index contributed by atoms with van der Waals surface area (Å²) in [5.74, 6) is 0.207. The fourth-order valence-corrected chi connectivity index (χ4v) is 3.37. The van der Waals surface area contributed by atoms with Crippen LogP contribution in [0.3, 0.4) is 0 Å². The average Bonchev–Trinajstić information content (AvgIpc) is 2.50. The van der Waals surface area contributed by atoms with Gasteiger partial charge in [0.15, 0.2) is 9.84 Å². The number of hydrogen-bond acceptors (Lipinski definition) is 4. The summed E-state index contributed by atoms with van der Waals surface area (Å²) >= 11 is 0. The second-order valence-electron chi connectivity index (χ2n) is 3.88. The molecule has 0 heterocycles. The first-order valence-corrected chi connectivity index (χ1v) is 6.35. The van der Waals surface area contributed by atoms with Crippen LogP contribution in [0.15, 0.2) is 0 Å². The van der Waals surface area contributed by atoms with Gasteiger partial charge in [-0.3, -0.25) is 0 Å². The van der Waals surface area contributed by atoms with Gasteiger partial charge in [0.1, 0.15) is 0 Å². The van der Waals surface area contributed by atoms with E-state index in [4.69, 9.17) is 11.5 Å². The predicted molar refractivity (Wildman–Crippen MR) is 53.1 cm³/mol. The van der Waals surface area contributed by atoms with Crippen molar-refractivity contribution >= 4 is 9.84 Å². The fraction of sp³-hybridized carbons (Fsp3) is 1.00. The van der Waals surface area contributed by atoms with Crippen LogP contribution in [-0.2, 0) is 9.84 Å². The minimum Gasteiger partial charge on any atom is -0.329 e. The van der Waals surface area contributed by atoms with Crippen molar-refractivity contribution in [1.29, 1.82) is 0 Å². The van der Waals surface area contributed by atoms with E-state index in [0.717, 1.165) is 6.42 Å². The van der Waals surface area contributed by atoms with Crippen molar-refractivity contribution in [2.24, 2.45) is 11.5 Å². The van der Waals surface area contributed by atoms with Crippen LogP contribution in [0.1, 0.15) is 26.2 Å². The number of rotatable bonds is 3. The van der Waals surface area contributed by atoms with E-state index in [0.29, 0.717) is 19.4 Å². The smallest absolute Gasteiger partial charge is 0.152 e. The standard InChI is InChI=1S/C8H18N2O2S/c1-2-13(11,12)7-3-4-8(10,5-7)6-9/h7H,2-6,9-10H2,1H3/t7-,8+/m0/s1. The van der Waals surface area contributed by atoms with Crippen LogP contribution in [0.4, 0.5) is 0 Å². The average molecular weight is 206 g/mol. The van der Waals surface area contributed by atoms with Crippen molar-refractivity contribution in [3.8, 4) is 0 Å². The van der Waals surface area contributed by atoms with Gasteiger partial charge in [0.2, 0.25) is 0 Å². The van der Waals surface area contributed by atoms with Crippen molar-refractivity contribution < 1.29 is 8.42 Å². The minimum absolute atomic E-state index is 0.207. The van der Waals surface area contributed by atoms with Gasteiger partial charge in [0, 0.05) is 17.8 Å². The van der Waals surface area contributed by atoms with Gasteiger partial charge in [-0.05, 0) is 19.3 Å². The second-order valence-corrected chi connectivity index (χ2v) is 6.45. The lowest BCUT2D eigenvalue weighted by molar-refractivity contribution is 0.450. The Morgan fingerprint density at radius 2 is 2.15 bits per heavy atom. The SMILES string of the molecule is CCS(=O)(=O)[C@H]1CC[C@](N)(CN)C1. The van der Waals surface area contributed by atoms with Gasteiger partial charge in [0.05, 0.1) is 5.25 Å². The lowest BCUT2D eigenvalue weighted by atomic mass is 10.0. The van der Waals surface area contributed by atoms with Gasteiger partial charge in [-0.25, -0.2) is 8.42 Å². The third kappa shape index (κ3) is 2.21. The third-order valence-electron chi connectivity index (χ3n) is 2.92. The minimum atomic E-state index is -2.91. The van der Waals surface area contributed by atoms with Crippen LogP contribution in [0.25, 0.3) is 0 Å². The van der Waals surface area contributed by atoms with E-state index in [1.54, 1.807) is 6.92 Å². The summed E-state index contributed by atoms with van der Waals surface area (Å²) in [5, 5.41) is -0.258. The first kappa shape index (κ1) is 10.9. The van der Waals surface area contributed by atoms with Crippen molar-refractivity contribution in [3.63, 3.8) is 0 Å².